The molecule has 0 saturated carbocycles. The molecule has 0 fully saturated rings. The van der Waals surface area contributed by atoms with Gasteiger partial charge in [-0.3, -0.25) is 9.98 Å². The Bertz CT molecular complexity index is 1870. The van der Waals surface area contributed by atoms with Gasteiger partial charge >= 0.3 is 0 Å². The van der Waals surface area contributed by atoms with E-state index >= 15 is 0 Å². The summed E-state index contributed by atoms with van der Waals surface area (Å²) >= 11 is 4.73. The highest BCUT2D eigenvalue weighted by Gasteiger charge is 2.00. The summed E-state index contributed by atoms with van der Waals surface area (Å²) in [5, 5.41) is 20.9. The van der Waals surface area contributed by atoms with E-state index in [9.17, 15) is 0 Å². The predicted octanol–water partition coefficient (Wildman–Crippen LogP) is 13.3. The molecule has 14 nitrogen and oxygen atoms in total. The van der Waals surface area contributed by atoms with Crippen LogP contribution in [0.25, 0.3) is 0 Å². The van der Waals surface area contributed by atoms with Crippen molar-refractivity contribution in [1.29, 1.82) is 0 Å². The van der Waals surface area contributed by atoms with Crippen molar-refractivity contribution in [2.75, 3.05) is 0 Å². The molecule has 0 aromatic carbocycles. The minimum Gasteiger partial charge on any atom is -0.449 e. The van der Waals surface area contributed by atoms with Gasteiger partial charge in [-0.05, 0) is 157 Å². The predicted molar refractivity (Wildman–Crippen MR) is 264 cm³/mol. The van der Waals surface area contributed by atoms with Crippen LogP contribution in [0.5, 0.6) is 0 Å². The first kappa shape index (κ1) is 55.6. The molecule has 3 aliphatic heterocycles. The van der Waals surface area contributed by atoms with Gasteiger partial charge in [0.2, 0.25) is 0 Å². The monoisotopic (exact) mass is 917 g/mol. The molecule has 3 aliphatic rings. The second-order valence-corrected chi connectivity index (χ2v) is 18.4. The van der Waals surface area contributed by atoms with E-state index in [-0.39, 0.29) is 0 Å². The standard InChI is InChI=1S/2C6H9N.C5H8N2.3C5H7NO.2C5H7NS.C4H6N2S/c2*1-5-3-6(2)7-4-5;1-4-3-5(2)7-6-4;2*1-4-3-7-5(2)6-4;3*1-4-3-5(2)7-6-4;1-3-5-6-4(2)7-3/h2*4H,3H2,1-2H3;3H2,1-2H3;5*3H,1-2H3;1-2H3. The highest BCUT2D eigenvalue weighted by molar-refractivity contribution is 7.11. The van der Waals surface area contributed by atoms with Gasteiger partial charge in [-0.25, -0.2) is 9.97 Å². The maximum atomic E-state index is 4.85. The Morgan fingerprint density at radius 3 is 0.968 bits per heavy atom. The minimum atomic E-state index is 0.734. The maximum Gasteiger partial charge on any atom is 0.191 e. The Balaban J connectivity index is 0.000000354. The number of aromatic nitrogens is 7. The second-order valence-electron chi connectivity index (χ2n) is 15.0. The van der Waals surface area contributed by atoms with Crippen molar-refractivity contribution < 1.29 is 13.4 Å². The Kier molecular flexibility index (Phi) is 27.0. The number of hydrogen-bond acceptors (Lipinski definition) is 17. The highest BCUT2D eigenvalue weighted by Crippen LogP contribution is 2.10. The number of hydrogen-bond donors (Lipinski definition) is 0. The van der Waals surface area contributed by atoms with Crippen molar-refractivity contribution >= 4 is 57.2 Å². The summed E-state index contributed by atoms with van der Waals surface area (Å²) < 4.78 is 22.5. The molecule has 0 aliphatic carbocycles. The smallest absolute Gasteiger partial charge is 0.191 e. The molecule has 0 unspecified atom stereocenters. The molecule has 9 heterocycles. The fraction of sp³-hybridized carbons (Fsp3) is 0.457. The molecule has 0 amide bonds. The number of rotatable bonds is 0. The van der Waals surface area contributed by atoms with Crippen molar-refractivity contribution in [2.45, 2.75) is 144 Å². The Labute approximate surface area is 387 Å². The molecule has 0 saturated heterocycles. The van der Waals surface area contributed by atoms with Crippen molar-refractivity contribution in [3.8, 4) is 0 Å². The van der Waals surface area contributed by atoms with E-state index in [0.29, 0.717) is 0 Å². The molecular formula is C46H67N11O3S3. The topological polar surface area (TPSA) is 179 Å². The number of nitrogens with zero attached hydrogens (tertiary/aromatic N) is 11. The van der Waals surface area contributed by atoms with Crippen LogP contribution in [-0.2, 0) is 0 Å². The van der Waals surface area contributed by atoms with E-state index in [1.54, 1.807) is 46.9 Å². The third kappa shape index (κ3) is 29.5. The summed E-state index contributed by atoms with van der Waals surface area (Å²) in [5.41, 5.74) is 12.5. The lowest BCUT2D eigenvalue weighted by atomic mass is 10.2. The number of aliphatic imine (C=N–C) groups is 2. The van der Waals surface area contributed by atoms with Crippen LogP contribution in [0, 0.1) is 83.1 Å². The van der Waals surface area contributed by atoms with E-state index < -0.39 is 0 Å². The zero-order valence-corrected chi connectivity index (χ0v) is 43.0. The fourth-order valence-electron chi connectivity index (χ4n) is 4.85. The summed E-state index contributed by atoms with van der Waals surface area (Å²) in [7, 11) is 0. The van der Waals surface area contributed by atoms with Gasteiger partial charge in [0.05, 0.1) is 28.5 Å². The Morgan fingerprint density at radius 1 is 0.460 bits per heavy atom. The molecule has 9 rings (SSSR count). The number of allylic oxidation sites excluding steroid dienone is 2. The summed E-state index contributed by atoms with van der Waals surface area (Å²) in [6, 6.07) is 6.04. The van der Waals surface area contributed by atoms with Crippen LogP contribution in [-0.4, -0.2) is 56.9 Å². The summed E-state index contributed by atoms with van der Waals surface area (Å²) in [4.78, 5) is 18.6. The van der Waals surface area contributed by atoms with Gasteiger partial charge in [0, 0.05) is 84.2 Å². The molecule has 0 N–H and O–H groups in total. The lowest BCUT2D eigenvalue weighted by molar-refractivity contribution is 0.393. The summed E-state index contributed by atoms with van der Waals surface area (Å²) in [6.07, 6.45) is 10.3. The third-order valence-electron chi connectivity index (χ3n) is 7.32. The van der Waals surface area contributed by atoms with E-state index in [1.807, 2.05) is 115 Å². The largest absolute Gasteiger partial charge is 0.449 e. The van der Waals surface area contributed by atoms with Crippen LogP contribution in [0.3, 0.4) is 0 Å². The molecule has 0 atom stereocenters. The number of aryl methyl sites for hydroxylation is 12. The molecule has 0 bridgehead atoms. The SMILES string of the molecule is CC1=CN=C(C)C1.CC1=CN=C(C)C1.CC1=NN=C(C)C1.Cc1cc(C)on1.Cc1cc(C)sn1.Cc1cc(C)sn1.Cc1coc(C)n1.Cc1coc(C)n1.Cc1nnc(C)s1. The van der Waals surface area contributed by atoms with Crippen LogP contribution in [0.2, 0.25) is 0 Å². The Hall–Kier alpha value is -5.39. The maximum absolute atomic E-state index is 4.85. The van der Waals surface area contributed by atoms with Crippen LogP contribution in [0.4, 0.5) is 0 Å². The van der Waals surface area contributed by atoms with Gasteiger partial charge in [-0.15, -0.1) is 21.5 Å². The van der Waals surface area contributed by atoms with Crippen LogP contribution in [0.15, 0.2) is 87.8 Å². The highest BCUT2D eigenvalue weighted by atomic mass is 32.1. The van der Waals surface area contributed by atoms with Gasteiger partial charge in [-0.2, -0.15) is 18.9 Å². The van der Waals surface area contributed by atoms with Gasteiger partial charge < -0.3 is 13.4 Å². The summed E-state index contributed by atoms with van der Waals surface area (Å²) in [6.45, 7) is 35.5. The average molecular weight is 918 g/mol. The molecule has 17 heteroatoms. The van der Waals surface area contributed by atoms with Crippen molar-refractivity contribution in [1.82, 2.24) is 34.1 Å². The van der Waals surface area contributed by atoms with Gasteiger partial charge in [-0.1, -0.05) is 5.16 Å². The lowest BCUT2D eigenvalue weighted by Crippen LogP contribution is -1.90. The van der Waals surface area contributed by atoms with Gasteiger partial charge in [0.15, 0.2) is 11.8 Å². The fourth-order valence-corrected chi connectivity index (χ4v) is 6.57. The molecule has 63 heavy (non-hydrogen) atoms. The average Bonchev–Trinajstić information content (AvgIpc) is 4.08. The van der Waals surface area contributed by atoms with Crippen LogP contribution in [0.1, 0.15) is 127 Å². The van der Waals surface area contributed by atoms with E-state index in [0.717, 1.165) is 86.7 Å². The minimum absolute atomic E-state index is 0.734. The molecule has 6 aromatic rings. The first-order valence-electron chi connectivity index (χ1n) is 20.3. The first-order valence-corrected chi connectivity index (χ1v) is 22.6. The van der Waals surface area contributed by atoms with Gasteiger partial charge in [0.1, 0.15) is 28.3 Å². The third-order valence-corrected chi connectivity index (χ3v) is 9.64. The quantitative estimate of drug-likeness (QED) is 0.142. The van der Waals surface area contributed by atoms with Crippen molar-refractivity contribution in [3.63, 3.8) is 0 Å². The van der Waals surface area contributed by atoms with Crippen molar-refractivity contribution in [3.05, 3.63) is 120 Å². The number of oxazole rings is 2. The van der Waals surface area contributed by atoms with E-state index in [4.69, 9.17) is 13.4 Å². The Morgan fingerprint density at radius 2 is 0.873 bits per heavy atom. The molecule has 6 aromatic heterocycles. The van der Waals surface area contributed by atoms with Crippen molar-refractivity contribution in [2.24, 2.45) is 20.2 Å². The lowest BCUT2D eigenvalue weighted by Gasteiger charge is -1.84. The molecule has 0 radical (unpaired) electrons. The van der Waals surface area contributed by atoms with Gasteiger partial charge in [0.25, 0.3) is 0 Å². The zero-order chi connectivity index (χ0) is 47.5. The second kappa shape index (κ2) is 30.6. The van der Waals surface area contributed by atoms with Crippen LogP contribution < -0.4 is 0 Å². The van der Waals surface area contributed by atoms with Crippen LogP contribution >= 0.6 is 34.4 Å². The first-order chi connectivity index (χ1) is 29.6. The normalized spacial score (nSPS) is 12.7. The summed E-state index contributed by atoms with van der Waals surface area (Å²) in [5.74, 6) is 2.34. The van der Waals surface area contributed by atoms with E-state index in [1.165, 1.54) is 32.3 Å². The zero-order valence-electron chi connectivity index (χ0n) is 40.5. The molecular weight excluding hydrogens is 851 g/mol. The molecule has 0 spiro atoms. The van der Waals surface area contributed by atoms with E-state index in [2.05, 4.69) is 94.1 Å². The molecule has 342 valence electrons.